The van der Waals surface area contributed by atoms with Gasteiger partial charge in [-0.1, -0.05) is 39.7 Å². The second-order valence-corrected chi connectivity index (χ2v) is 6.75. The quantitative estimate of drug-likeness (QED) is 0.599. The second-order valence-electron chi connectivity index (χ2n) is 5.40. The summed E-state index contributed by atoms with van der Waals surface area (Å²) >= 11 is 9.39. The van der Waals surface area contributed by atoms with Crippen LogP contribution in [0.3, 0.4) is 0 Å². The minimum absolute atomic E-state index is 0.0916. The molecule has 1 N–H and O–H groups in total. The van der Waals surface area contributed by atoms with Crippen molar-refractivity contribution in [3.05, 3.63) is 63.9 Å². The summed E-state index contributed by atoms with van der Waals surface area (Å²) < 4.78 is 7.53. The van der Waals surface area contributed by atoms with E-state index in [1.54, 1.807) is 23.9 Å². The predicted molar refractivity (Wildman–Crippen MR) is 104 cm³/mol. The monoisotopic (exact) mass is 434 g/mol. The van der Waals surface area contributed by atoms with Gasteiger partial charge in [0, 0.05) is 28.7 Å². The summed E-state index contributed by atoms with van der Waals surface area (Å²) in [5.41, 5.74) is 1.60. The van der Waals surface area contributed by atoms with Crippen molar-refractivity contribution in [3.8, 4) is 17.1 Å². The molecule has 0 radical (unpaired) electrons. The highest BCUT2D eigenvalue weighted by Gasteiger charge is 2.18. The third kappa shape index (κ3) is 4.30. The molecule has 134 valence electrons. The number of ether oxygens (including phenoxy) is 1. The fourth-order valence-corrected chi connectivity index (χ4v) is 2.69. The molecule has 3 rings (SSSR count). The molecule has 0 aliphatic carbocycles. The third-order valence-corrected chi connectivity index (χ3v) is 4.36. The molecule has 6 nitrogen and oxygen atoms in total. The van der Waals surface area contributed by atoms with Gasteiger partial charge in [0.15, 0.2) is 5.82 Å². The van der Waals surface area contributed by atoms with E-state index in [1.807, 2.05) is 36.4 Å². The van der Waals surface area contributed by atoms with E-state index in [1.165, 1.54) is 0 Å². The molecule has 1 amide bonds. The molecule has 0 fully saturated rings. The zero-order valence-corrected chi connectivity index (χ0v) is 16.3. The van der Waals surface area contributed by atoms with Crippen molar-refractivity contribution >= 4 is 33.4 Å². The highest BCUT2D eigenvalue weighted by atomic mass is 79.9. The van der Waals surface area contributed by atoms with Crippen LogP contribution in [0.1, 0.15) is 10.6 Å². The van der Waals surface area contributed by atoms with Gasteiger partial charge >= 0.3 is 0 Å². The van der Waals surface area contributed by atoms with Crippen molar-refractivity contribution in [2.45, 2.75) is 0 Å². The van der Waals surface area contributed by atoms with Crippen molar-refractivity contribution in [1.82, 2.24) is 20.1 Å². The number of amides is 1. The fourth-order valence-electron chi connectivity index (χ4n) is 2.30. The maximum atomic E-state index is 12.3. The SMILES string of the molecule is COCCNC(=O)c1nc(-c2ccc(Br)cc2)n(-c2ccc(Cl)cc2)n1. The molecular formula is C18H16BrClN4O2. The van der Waals surface area contributed by atoms with Crippen LogP contribution in [0.15, 0.2) is 53.0 Å². The molecule has 0 aliphatic heterocycles. The Labute approximate surface area is 164 Å². The Kier molecular flexibility index (Phi) is 6.03. The van der Waals surface area contributed by atoms with Gasteiger partial charge in [-0.3, -0.25) is 4.79 Å². The second kappa shape index (κ2) is 8.44. The molecule has 0 aliphatic rings. The molecule has 0 bridgehead atoms. The average molecular weight is 436 g/mol. The van der Waals surface area contributed by atoms with E-state index in [9.17, 15) is 4.79 Å². The van der Waals surface area contributed by atoms with Crippen LogP contribution in [-0.2, 0) is 4.74 Å². The van der Waals surface area contributed by atoms with Crippen LogP contribution in [0.2, 0.25) is 5.02 Å². The molecular weight excluding hydrogens is 420 g/mol. The average Bonchev–Trinajstić information content (AvgIpc) is 3.08. The van der Waals surface area contributed by atoms with E-state index in [2.05, 4.69) is 31.3 Å². The lowest BCUT2D eigenvalue weighted by Gasteiger charge is -2.06. The first kappa shape index (κ1) is 18.6. The maximum Gasteiger partial charge on any atom is 0.291 e. The first-order valence-corrected chi connectivity index (χ1v) is 9.01. The van der Waals surface area contributed by atoms with Gasteiger partial charge in [0.2, 0.25) is 5.82 Å². The van der Waals surface area contributed by atoms with Crippen molar-refractivity contribution in [2.24, 2.45) is 0 Å². The Balaban J connectivity index is 2.01. The first-order chi connectivity index (χ1) is 12.6. The fraction of sp³-hybridized carbons (Fsp3) is 0.167. The summed E-state index contributed by atoms with van der Waals surface area (Å²) in [6.07, 6.45) is 0. The summed E-state index contributed by atoms with van der Waals surface area (Å²) in [7, 11) is 1.57. The smallest absolute Gasteiger partial charge is 0.291 e. The molecule has 0 atom stereocenters. The molecule has 8 heteroatoms. The van der Waals surface area contributed by atoms with E-state index in [4.69, 9.17) is 16.3 Å². The van der Waals surface area contributed by atoms with Gasteiger partial charge in [-0.2, -0.15) is 0 Å². The van der Waals surface area contributed by atoms with E-state index >= 15 is 0 Å². The van der Waals surface area contributed by atoms with Crippen molar-refractivity contribution < 1.29 is 9.53 Å². The van der Waals surface area contributed by atoms with Gasteiger partial charge in [0.05, 0.1) is 12.3 Å². The minimum atomic E-state index is -0.354. The lowest BCUT2D eigenvalue weighted by molar-refractivity contribution is 0.0927. The van der Waals surface area contributed by atoms with Crippen LogP contribution in [0.4, 0.5) is 0 Å². The van der Waals surface area contributed by atoms with Gasteiger partial charge < -0.3 is 10.1 Å². The van der Waals surface area contributed by atoms with E-state index in [0.717, 1.165) is 15.7 Å². The Hall–Kier alpha value is -2.22. The van der Waals surface area contributed by atoms with E-state index in [0.29, 0.717) is 24.0 Å². The number of nitrogens with one attached hydrogen (secondary N) is 1. The van der Waals surface area contributed by atoms with Crippen LogP contribution in [0.25, 0.3) is 17.1 Å². The van der Waals surface area contributed by atoms with Crippen molar-refractivity contribution in [2.75, 3.05) is 20.3 Å². The van der Waals surface area contributed by atoms with E-state index in [-0.39, 0.29) is 11.7 Å². The summed E-state index contributed by atoms with van der Waals surface area (Å²) in [6, 6.07) is 14.8. The Bertz CT molecular complexity index is 832. The Morgan fingerprint density at radius 2 is 1.88 bits per heavy atom. The lowest BCUT2D eigenvalue weighted by atomic mass is 10.2. The largest absolute Gasteiger partial charge is 0.383 e. The van der Waals surface area contributed by atoms with Crippen LogP contribution in [0.5, 0.6) is 0 Å². The predicted octanol–water partition coefficient (Wildman–Crippen LogP) is 3.73. The maximum absolute atomic E-state index is 12.3. The highest BCUT2D eigenvalue weighted by molar-refractivity contribution is 9.10. The number of hydrogen-bond acceptors (Lipinski definition) is 4. The van der Waals surface area contributed by atoms with Gasteiger partial charge in [-0.15, -0.1) is 5.10 Å². The van der Waals surface area contributed by atoms with Gasteiger partial charge in [0.25, 0.3) is 5.91 Å². The number of aromatic nitrogens is 3. The highest BCUT2D eigenvalue weighted by Crippen LogP contribution is 2.24. The molecule has 3 aromatic rings. The third-order valence-electron chi connectivity index (χ3n) is 3.58. The van der Waals surface area contributed by atoms with Crippen LogP contribution in [0, 0.1) is 0 Å². The van der Waals surface area contributed by atoms with Gasteiger partial charge in [0.1, 0.15) is 0 Å². The van der Waals surface area contributed by atoms with Gasteiger partial charge in [-0.05, 0) is 36.4 Å². The topological polar surface area (TPSA) is 69.0 Å². The molecule has 26 heavy (non-hydrogen) atoms. The molecule has 1 heterocycles. The van der Waals surface area contributed by atoms with Gasteiger partial charge in [-0.25, -0.2) is 9.67 Å². The number of nitrogens with zero attached hydrogens (tertiary/aromatic N) is 3. The molecule has 2 aromatic carbocycles. The number of methoxy groups -OCH3 is 1. The number of halogens is 2. The van der Waals surface area contributed by atoms with Crippen LogP contribution >= 0.6 is 27.5 Å². The van der Waals surface area contributed by atoms with Crippen molar-refractivity contribution in [1.29, 1.82) is 0 Å². The molecule has 1 aromatic heterocycles. The summed E-state index contributed by atoms with van der Waals surface area (Å²) in [5, 5.41) is 7.74. The van der Waals surface area contributed by atoms with E-state index < -0.39 is 0 Å². The standard InChI is InChI=1S/C18H16BrClN4O2/c1-26-11-10-21-18(25)16-22-17(12-2-4-13(19)5-3-12)24(23-16)15-8-6-14(20)7-9-15/h2-9H,10-11H2,1H3,(H,21,25). The number of benzene rings is 2. The normalized spacial score (nSPS) is 10.7. The molecule has 0 spiro atoms. The molecule has 0 saturated carbocycles. The lowest BCUT2D eigenvalue weighted by Crippen LogP contribution is -2.28. The number of rotatable bonds is 6. The number of carbonyl (C=O) groups excluding carboxylic acids is 1. The van der Waals surface area contributed by atoms with Crippen LogP contribution in [-0.4, -0.2) is 40.9 Å². The summed E-state index contributed by atoms with van der Waals surface area (Å²) in [5.74, 6) is 0.304. The summed E-state index contributed by atoms with van der Waals surface area (Å²) in [6.45, 7) is 0.807. The Morgan fingerprint density at radius 1 is 1.19 bits per heavy atom. The zero-order valence-electron chi connectivity index (χ0n) is 13.9. The zero-order chi connectivity index (χ0) is 18.5. The summed E-state index contributed by atoms with van der Waals surface area (Å²) in [4.78, 5) is 16.8. The van der Waals surface area contributed by atoms with Crippen molar-refractivity contribution in [3.63, 3.8) is 0 Å². The first-order valence-electron chi connectivity index (χ1n) is 7.84. The molecule has 0 saturated heterocycles. The number of carbonyl (C=O) groups is 1. The number of hydrogen-bond donors (Lipinski definition) is 1. The minimum Gasteiger partial charge on any atom is -0.383 e. The molecule has 0 unspecified atom stereocenters. The Morgan fingerprint density at radius 3 is 2.54 bits per heavy atom. The van der Waals surface area contributed by atoms with Crippen LogP contribution < -0.4 is 5.32 Å².